The van der Waals surface area contributed by atoms with Crippen molar-refractivity contribution in [2.24, 2.45) is 5.92 Å². The van der Waals surface area contributed by atoms with Crippen LogP contribution in [0.2, 0.25) is 0 Å². The van der Waals surface area contributed by atoms with E-state index in [0.717, 1.165) is 12.0 Å². The van der Waals surface area contributed by atoms with Crippen LogP contribution in [-0.4, -0.2) is 40.1 Å². The summed E-state index contributed by atoms with van der Waals surface area (Å²) >= 11 is 0. The Hall–Kier alpha value is -1.44. The Morgan fingerprint density at radius 1 is 1.12 bits per heavy atom. The number of hydrogen-bond acceptors (Lipinski definition) is 4. The molecule has 0 radical (unpaired) electrons. The van der Waals surface area contributed by atoms with E-state index in [1.165, 1.54) is 0 Å². The van der Waals surface area contributed by atoms with E-state index in [-0.39, 0.29) is 22.8 Å². The highest BCUT2D eigenvalue weighted by atomic mass is 32.2. The largest absolute Gasteiger partial charge is 0.379 e. The van der Waals surface area contributed by atoms with Crippen LogP contribution in [0.3, 0.4) is 0 Å². The lowest BCUT2D eigenvalue weighted by molar-refractivity contribution is -0.121. The lowest BCUT2D eigenvalue weighted by Crippen LogP contribution is -2.27. The maximum atomic E-state index is 12.1. The maximum absolute atomic E-state index is 12.1. The van der Waals surface area contributed by atoms with Gasteiger partial charge in [0.05, 0.1) is 11.0 Å². The number of nitrogens with one attached hydrogen (secondary N) is 2. The summed E-state index contributed by atoms with van der Waals surface area (Å²) in [6.45, 7) is 9.52. The van der Waals surface area contributed by atoms with Gasteiger partial charge in [0.15, 0.2) is 0 Å². The first-order chi connectivity index (χ1) is 12.2. The molecule has 0 saturated carbocycles. The summed E-state index contributed by atoms with van der Waals surface area (Å²) in [6, 6.07) is 6.68. The third kappa shape index (κ3) is 9.31. The van der Waals surface area contributed by atoms with Crippen LogP contribution in [0, 0.1) is 5.92 Å². The minimum absolute atomic E-state index is 0.00940. The van der Waals surface area contributed by atoms with Crippen LogP contribution in [0.25, 0.3) is 0 Å². The summed E-state index contributed by atoms with van der Waals surface area (Å²) in [5.74, 6) is 0.240. The quantitative estimate of drug-likeness (QED) is 0.542. The number of carbonyl (C=O) groups excluding carboxylic acids is 1. The van der Waals surface area contributed by atoms with Crippen molar-refractivity contribution >= 4 is 15.9 Å². The molecule has 6 nitrogen and oxygen atoms in total. The number of carbonyl (C=O) groups is 1. The second-order valence-corrected chi connectivity index (χ2v) is 8.78. The fourth-order valence-electron chi connectivity index (χ4n) is 2.16. The Kier molecular flexibility index (Phi) is 9.83. The van der Waals surface area contributed by atoms with Gasteiger partial charge < -0.3 is 10.1 Å². The van der Waals surface area contributed by atoms with E-state index in [0.29, 0.717) is 32.5 Å². The van der Waals surface area contributed by atoms with Gasteiger partial charge in [-0.2, -0.15) is 0 Å². The van der Waals surface area contributed by atoms with Gasteiger partial charge in [0, 0.05) is 26.1 Å². The molecular weight excluding hydrogens is 352 g/mol. The van der Waals surface area contributed by atoms with Crippen LogP contribution < -0.4 is 10.0 Å². The summed E-state index contributed by atoms with van der Waals surface area (Å²) in [6.07, 6.45) is 1.95. The Morgan fingerprint density at radius 2 is 1.77 bits per heavy atom. The number of ether oxygens (including phenoxy) is 1. The number of amides is 1. The van der Waals surface area contributed by atoms with Crippen LogP contribution in [-0.2, 0) is 26.0 Å². The van der Waals surface area contributed by atoms with Gasteiger partial charge in [-0.05, 0) is 50.3 Å². The standard InChI is InChI=1S/C19H32N2O4S/c1-15(2)14-21-26(23,24)18-9-6-17(7-10-18)8-11-19(22)20-12-5-13-25-16(3)4/h6-7,9-10,15-16,21H,5,8,11-14H2,1-4H3,(H,20,22). The Labute approximate surface area is 157 Å². The fraction of sp³-hybridized carbons (Fsp3) is 0.632. The van der Waals surface area contributed by atoms with Gasteiger partial charge in [-0.3, -0.25) is 4.79 Å². The van der Waals surface area contributed by atoms with E-state index in [1.807, 2.05) is 27.7 Å². The van der Waals surface area contributed by atoms with E-state index in [2.05, 4.69) is 10.0 Å². The van der Waals surface area contributed by atoms with Crippen LogP contribution in [0.5, 0.6) is 0 Å². The number of hydrogen-bond donors (Lipinski definition) is 2. The molecule has 7 heteroatoms. The van der Waals surface area contributed by atoms with Crippen molar-refractivity contribution in [2.45, 2.75) is 58.0 Å². The molecule has 1 amide bonds. The third-order valence-corrected chi connectivity index (χ3v) is 5.09. The molecule has 0 atom stereocenters. The van der Waals surface area contributed by atoms with Crippen molar-refractivity contribution in [3.63, 3.8) is 0 Å². The summed E-state index contributed by atoms with van der Waals surface area (Å²) in [5, 5.41) is 2.86. The molecule has 0 spiro atoms. The van der Waals surface area contributed by atoms with Crippen LogP contribution in [0.4, 0.5) is 0 Å². The molecule has 2 N–H and O–H groups in total. The molecular formula is C19H32N2O4S. The van der Waals surface area contributed by atoms with Gasteiger partial charge in [0.25, 0.3) is 0 Å². The SMILES string of the molecule is CC(C)CNS(=O)(=O)c1ccc(CCC(=O)NCCCOC(C)C)cc1. The van der Waals surface area contributed by atoms with Gasteiger partial charge >= 0.3 is 0 Å². The summed E-state index contributed by atoms with van der Waals surface area (Å²) in [5.41, 5.74) is 0.936. The smallest absolute Gasteiger partial charge is 0.240 e. The third-order valence-electron chi connectivity index (χ3n) is 3.65. The Balaban J connectivity index is 2.37. The van der Waals surface area contributed by atoms with Crippen molar-refractivity contribution in [1.82, 2.24) is 10.0 Å². The maximum Gasteiger partial charge on any atom is 0.240 e. The molecule has 0 aliphatic heterocycles. The molecule has 0 heterocycles. The number of rotatable bonds is 12. The summed E-state index contributed by atoms with van der Waals surface area (Å²) < 4.78 is 32.3. The molecule has 0 aliphatic rings. The second kappa shape index (κ2) is 11.3. The lowest BCUT2D eigenvalue weighted by atomic mass is 10.1. The summed E-state index contributed by atoms with van der Waals surface area (Å²) in [7, 11) is -3.47. The molecule has 1 aromatic carbocycles. The predicted molar refractivity (Wildman–Crippen MR) is 104 cm³/mol. The Morgan fingerprint density at radius 3 is 2.35 bits per heavy atom. The average Bonchev–Trinajstić information content (AvgIpc) is 2.58. The van der Waals surface area contributed by atoms with Gasteiger partial charge in [0.1, 0.15) is 0 Å². The Bertz CT molecular complexity index is 640. The molecule has 0 fully saturated rings. The number of sulfonamides is 1. The first kappa shape index (κ1) is 22.6. The van der Waals surface area contributed by atoms with Crippen LogP contribution in [0.15, 0.2) is 29.2 Å². The minimum atomic E-state index is -3.47. The highest BCUT2D eigenvalue weighted by Crippen LogP contribution is 2.12. The van der Waals surface area contributed by atoms with Crippen molar-refractivity contribution < 1.29 is 17.9 Å². The van der Waals surface area contributed by atoms with Crippen LogP contribution in [0.1, 0.15) is 46.1 Å². The van der Waals surface area contributed by atoms with E-state index < -0.39 is 10.0 Å². The van der Waals surface area contributed by atoms with Crippen molar-refractivity contribution in [1.29, 1.82) is 0 Å². The molecule has 1 aromatic rings. The van der Waals surface area contributed by atoms with E-state index in [1.54, 1.807) is 24.3 Å². The van der Waals surface area contributed by atoms with Crippen molar-refractivity contribution in [2.75, 3.05) is 19.7 Å². The zero-order chi connectivity index (χ0) is 19.6. The first-order valence-electron chi connectivity index (χ1n) is 9.17. The van der Waals surface area contributed by atoms with Crippen molar-refractivity contribution in [3.05, 3.63) is 29.8 Å². The zero-order valence-electron chi connectivity index (χ0n) is 16.2. The normalized spacial score (nSPS) is 11.9. The minimum Gasteiger partial charge on any atom is -0.379 e. The molecule has 26 heavy (non-hydrogen) atoms. The molecule has 148 valence electrons. The highest BCUT2D eigenvalue weighted by Gasteiger charge is 2.14. The van der Waals surface area contributed by atoms with Gasteiger partial charge in [-0.1, -0.05) is 26.0 Å². The first-order valence-corrected chi connectivity index (χ1v) is 10.7. The lowest BCUT2D eigenvalue weighted by Gasteiger charge is -2.10. The second-order valence-electron chi connectivity index (χ2n) is 7.01. The van der Waals surface area contributed by atoms with Crippen LogP contribution >= 0.6 is 0 Å². The number of benzene rings is 1. The van der Waals surface area contributed by atoms with Gasteiger partial charge in [0.2, 0.25) is 15.9 Å². The summed E-state index contributed by atoms with van der Waals surface area (Å²) in [4.78, 5) is 12.1. The molecule has 0 aromatic heterocycles. The van der Waals surface area contributed by atoms with Gasteiger partial charge in [-0.15, -0.1) is 0 Å². The molecule has 0 bridgehead atoms. The van der Waals surface area contributed by atoms with Crippen molar-refractivity contribution in [3.8, 4) is 0 Å². The van der Waals surface area contributed by atoms with E-state index in [4.69, 9.17) is 4.74 Å². The fourth-order valence-corrected chi connectivity index (χ4v) is 3.37. The van der Waals surface area contributed by atoms with E-state index >= 15 is 0 Å². The topological polar surface area (TPSA) is 84.5 Å². The predicted octanol–water partition coefficient (Wildman–Crippen LogP) is 2.48. The molecule has 0 saturated heterocycles. The zero-order valence-corrected chi connectivity index (χ0v) is 17.1. The molecule has 0 aliphatic carbocycles. The monoisotopic (exact) mass is 384 g/mol. The van der Waals surface area contributed by atoms with E-state index in [9.17, 15) is 13.2 Å². The molecule has 0 unspecified atom stereocenters. The molecule has 1 rings (SSSR count). The number of aryl methyl sites for hydroxylation is 1. The van der Waals surface area contributed by atoms with Gasteiger partial charge in [-0.25, -0.2) is 13.1 Å². The highest BCUT2D eigenvalue weighted by molar-refractivity contribution is 7.89. The average molecular weight is 385 g/mol.